The number of hydrogen-bond donors (Lipinski definition) is 1. The Kier molecular flexibility index (Phi) is 5.30. The smallest absolute Gasteiger partial charge is 0.0689 e. The number of piperidine rings is 1. The third-order valence-corrected chi connectivity index (χ3v) is 5.01. The van der Waals surface area contributed by atoms with Crippen LogP contribution in [0.15, 0.2) is 0 Å². The molecular weight excluding hydrogens is 232 g/mol. The Morgan fingerprint density at radius 3 is 2.37 bits per heavy atom. The number of nitrogens with one attached hydrogen (secondary N) is 1. The van der Waals surface area contributed by atoms with Crippen molar-refractivity contribution >= 4 is 0 Å². The summed E-state index contributed by atoms with van der Waals surface area (Å²) in [6, 6.07) is 1.63. The minimum atomic E-state index is 0.281. The Bertz CT molecular complexity index is 304. The lowest BCUT2D eigenvalue weighted by Crippen LogP contribution is -2.59. The van der Waals surface area contributed by atoms with Gasteiger partial charge < -0.3 is 10.2 Å². The molecule has 19 heavy (non-hydrogen) atoms. The molecule has 2 fully saturated rings. The van der Waals surface area contributed by atoms with Crippen LogP contribution in [0.3, 0.4) is 0 Å². The van der Waals surface area contributed by atoms with Gasteiger partial charge in [-0.1, -0.05) is 25.7 Å². The molecule has 1 aliphatic carbocycles. The highest BCUT2D eigenvalue weighted by Crippen LogP contribution is 2.36. The summed E-state index contributed by atoms with van der Waals surface area (Å²) in [5.41, 5.74) is 0. The second kappa shape index (κ2) is 6.77. The molecule has 3 unspecified atom stereocenters. The van der Waals surface area contributed by atoms with E-state index in [-0.39, 0.29) is 6.04 Å². The molecule has 108 valence electrons. The van der Waals surface area contributed by atoms with Gasteiger partial charge in [0.15, 0.2) is 0 Å². The summed E-state index contributed by atoms with van der Waals surface area (Å²) in [6.45, 7) is 9.38. The van der Waals surface area contributed by atoms with Gasteiger partial charge >= 0.3 is 0 Å². The van der Waals surface area contributed by atoms with Gasteiger partial charge in [-0.2, -0.15) is 0 Å². The van der Waals surface area contributed by atoms with Crippen molar-refractivity contribution in [3.05, 3.63) is 0 Å². The van der Waals surface area contributed by atoms with Crippen LogP contribution < -0.4 is 5.32 Å². The van der Waals surface area contributed by atoms with Crippen molar-refractivity contribution in [2.45, 2.75) is 71.0 Å². The predicted molar refractivity (Wildman–Crippen MR) is 82.0 cm³/mol. The lowest BCUT2D eigenvalue weighted by Gasteiger charge is -2.49. The Morgan fingerprint density at radius 1 is 1.26 bits per heavy atom. The molecular formula is C17H30N2. The van der Waals surface area contributed by atoms with E-state index in [1.807, 2.05) is 0 Å². The summed E-state index contributed by atoms with van der Waals surface area (Å²) in [5.74, 6) is 4.56. The van der Waals surface area contributed by atoms with Gasteiger partial charge in [-0.25, -0.2) is 0 Å². The van der Waals surface area contributed by atoms with Crippen molar-refractivity contribution < 1.29 is 0 Å². The number of nitrogens with zero attached hydrogens (tertiary/aromatic N) is 1. The normalized spacial score (nSPS) is 33.1. The van der Waals surface area contributed by atoms with Crippen molar-refractivity contribution in [3.8, 4) is 12.3 Å². The molecule has 0 aromatic carbocycles. The maximum Gasteiger partial charge on any atom is 0.0689 e. The SMILES string of the molecule is C#CC(CCC)NC1C2CCCC1CN(C(C)C)C2. The fraction of sp³-hybridized carbons (Fsp3) is 0.882. The molecule has 1 saturated carbocycles. The van der Waals surface area contributed by atoms with E-state index in [4.69, 9.17) is 6.42 Å². The zero-order valence-corrected chi connectivity index (χ0v) is 12.9. The Balaban J connectivity index is 2.00. The average Bonchev–Trinajstić information content (AvgIpc) is 2.37. The highest BCUT2D eigenvalue weighted by molar-refractivity contribution is 5.04. The van der Waals surface area contributed by atoms with Gasteiger partial charge in [0.05, 0.1) is 6.04 Å². The van der Waals surface area contributed by atoms with E-state index in [0.29, 0.717) is 12.1 Å². The molecule has 0 amide bonds. The Morgan fingerprint density at radius 2 is 1.89 bits per heavy atom. The first kappa shape index (κ1) is 14.9. The first-order valence-corrected chi connectivity index (χ1v) is 8.12. The number of fused-ring (bicyclic) bond motifs is 2. The molecule has 0 radical (unpaired) electrons. The summed E-state index contributed by atoms with van der Waals surface area (Å²) >= 11 is 0. The summed E-state index contributed by atoms with van der Waals surface area (Å²) in [5, 5.41) is 3.81. The maximum atomic E-state index is 5.68. The molecule has 2 aliphatic rings. The van der Waals surface area contributed by atoms with Crippen LogP contribution in [0.1, 0.15) is 52.9 Å². The summed E-state index contributed by atoms with van der Waals surface area (Å²) in [7, 11) is 0. The third-order valence-electron chi connectivity index (χ3n) is 5.01. The molecule has 0 aromatic rings. The molecule has 0 spiro atoms. The molecule has 3 atom stereocenters. The molecule has 1 N–H and O–H groups in total. The van der Waals surface area contributed by atoms with Crippen LogP contribution in [0.2, 0.25) is 0 Å². The Labute approximate surface area is 119 Å². The lowest BCUT2D eigenvalue weighted by molar-refractivity contribution is 0.0271. The highest BCUT2D eigenvalue weighted by atomic mass is 15.2. The van der Waals surface area contributed by atoms with E-state index >= 15 is 0 Å². The predicted octanol–water partition coefficient (Wildman–Crippen LogP) is 2.89. The van der Waals surface area contributed by atoms with Crippen molar-refractivity contribution in [2.24, 2.45) is 11.8 Å². The van der Waals surface area contributed by atoms with Crippen molar-refractivity contribution in [1.29, 1.82) is 0 Å². The first-order chi connectivity index (χ1) is 9.15. The second-order valence-electron chi connectivity index (χ2n) is 6.70. The van der Waals surface area contributed by atoms with E-state index in [1.54, 1.807) is 0 Å². The van der Waals surface area contributed by atoms with E-state index in [0.717, 1.165) is 18.3 Å². The first-order valence-electron chi connectivity index (χ1n) is 8.12. The molecule has 2 rings (SSSR count). The van der Waals surface area contributed by atoms with Crippen LogP contribution in [-0.4, -0.2) is 36.1 Å². The third kappa shape index (κ3) is 3.52. The fourth-order valence-electron chi connectivity index (χ4n) is 3.90. The topological polar surface area (TPSA) is 15.3 Å². The molecule has 2 nitrogen and oxygen atoms in total. The molecule has 0 aromatic heterocycles. The van der Waals surface area contributed by atoms with Gasteiger partial charge in [0.1, 0.15) is 0 Å². The van der Waals surface area contributed by atoms with Crippen LogP contribution >= 0.6 is 0 Å². The quantitative estimate of drug-likeness (QED) is 0.767. The lowest BCUT2D eigenvalue weighted by atomic mass is 9.73. The number of terminal acetylenes is 1. The van der Waals surface area contributed by atoms with E-state index in [9.17, 15) is 0 Å². The zero-order chi connectivity index (χ0) is 13.8. The second-order valence-corrected chi connectivity index (χ2v) is 6.70. The van der Waals surface area contributed by atoms with Gasteiger partial charge in [-0.15, -0.1) is 6.42 Å². The standard InChI is InChI=1S/C17H30N2/c1-5-8-16(6-2)18-17-14-9-7-10-15(17)12-19(11-14)13(3)4/h2,13-18H,5,7-12H2,1,3-4H3. The molecule has 1 heterocycles. The zero-order valence-electron chi connectivity index (χ0n) is 12.9. The van der Waals surface area contributed by atoms with Gasteiger partial charge in [0, 0.05) is 25.2 Å². The van der Waals surface area contributed by atoms with E-state index in [1.165, 1.54) is 38.8 Å². The number of hydrogen-bond acceptors (Lipinski definition) is 2. The largest absolute Gasteiger partial charge is 0.300 e. The van der Waals surface area contributed by atoms with Gasteiger partial charge in [0.2, 0.25) is 0 Å². The molecule has 1 saturated heterocycles. The number of rotatable bonds is 5. The van der Waals surface area contributed by atoms with Crippen molar-refractivity contribution in [1.82, 2.24) is 10.2 Å². The Hall–Kier alpha value is -0.520. The van der Waals surface area contributed by atoms with Gasteiger partial charge in [0.25, 0.3) is 0 Å². The van der Waals surface area contributed by atoms with Crippen LogP contribution in [0.25, 0.3) is 0 Å². The van der Waals surface area contributed by atoms with Gasteiger partial charge in [-0.05, 0) is 44.9 Å². The molecule has 2 bridgehead atoms. The molecule has 1 aliphatic heterocycles. The number of likely N-dealkylation sites (tertiary alicyclic amines) is 1. The van der Waals surface area contributed by atoms with E-state index < -0.39 is 0 Å². The fourth-order valence-corrected chi connectivity index (χ4v) is 3.90. The minimum absolute atomic E-state index is 0.281. The van der Waals surface area contributed by atoms with Gasteiger partial charge in [-0.3, -0.25) is 0 Å². The van der Waals surface area contributed by atoms with Crippen LogP contribution in [-0.2, 0) is 0 Å². The summed E-state index contributed by atoms with van der Waals surface area (Å²) in [4.78, 5) is 2.66. The van der Waals surface area contributed by atoms with E-state index in [2.05, 4.69) is 36.9 Å². The van der Waals surface area contributed by atoms with Crippen LogP contribution in [0.5, 0.6) is 0 Å². The monoisotopic (exact) mass is 262 g/mol. The van der Waals surface area contributed by atoms with Crippen LogP contribution in [0, 0.1) is 24.2 Å². The van der Waals surface area contributed by atoms with Crippen molar-refractivity contribution in [3.63, 3.8) is 0 Å². The van der Waals surface area contributed by atoms with Crippen molar-refractivity contribution in [2.75, 3.05) is 13.1 Å². The highest BCUT2D eigenvalue weighted by Gasteiger charge is 2.40. The molecule has 2 heteroatoms. The van der Waals surface area contributed by atoms with Crippen LogP contribution in [0.4, 0.5) is 0 Å². The summed E-state index contributed by atoms with van der Waals surface area (Å²) in [6.07, 6.45) is 12.1. The minimum Gasteiger partial charge on any atom is -0.300 e. The summed E-state index contributed by atoms with van der Waals surface area (Å²) < 4.78 is 0. The average molecular weight is 262 g/mol. The maximum absolute atomic E-state index is 5.68.